The molecule has 0 unspecified atom stereocenters. The lowest BCUT2D eigenvalue weighted by atomic mass is 10.1. The number of para-hydroxylation sites is 1. The molecule has 4 rings (SSSR count). The van der Waals surface area contributed by atoms with Crippen molar-refractivity contribution in [3.8, 4) is 11.3 Å². The topological polar surface area (TPSA) is 88.0 Å². The summed E-state index contributed by atoms with van der Waals surface area (Å²) >= 11 is 1.69. The van der Waals surface area contributed by atoms with E-state index in [1.54, 1.807) is 11.8 Å². The van der Waals surface area contributed by atoms with Gasteiger partial charge in [-0.05, 0) is 23.8 Å². The highest BCUT2D eigenvalue weighted by molar-refractivity contribution is 7.99. The van der Waals surface area contributed by atoms with Gasteiger partial charge in [0, 0.05) is 45.8 Å². The molecule has 0 saturated carbocycles. The van der Waals surface area contributed by atoms with E-state index in [1.165, 1.54) is 24.3 Å². The highest BCUT2D eigenvalue weighted by atomic mass is 32.2. The van der Waals surface area contributed by atoms with Gasteiger partial charge in [-0.15, -0.1) is 11.8 Å². The van der Waals surface area contributed by atoms with E-state index in [0.717, 1.165) is 27.1 Å². The molecule has 6 nitrogen and oxygen atoms in total. The van der Waals surface area contributed by atoms with Crippen LogP contribution < -0.4 is 5.32 Å². The first-order chi connectivity index (χ1) is 14.6. The Morgan fingerprint density at radius 3 is 2.40 bits per heavy atom. The van der Waals surface area contributed by atoms with Gasteiger partial charge in [-0.25, -0.2) is 0 Å². The molecule has 0 radical (unpaired) electrons. The quantitative estimate of drug-likeness (QED) is 0.186. The van der Waals surface area contributed by atoms with Crippen LogP contribution >= 0.6 is 11.8 Å². The summed E-state index contributed by atoms with van der Waals surface area (Å²) in [5.74, 6) is 0.452. The molecular formula is C23H19N3O3S. The third-order valence-electron chi connectivity index (χ3n) is 4.70. The van der Waals surface area contributed by atoms with Gasteiger partial charge in [-0.1, -0.05) is 48.5 Å². The van der Waals surface area contributed by atoms with Gasteiger partial charge in [0.25, 0.3) is 11.6 Å². The van der Waals surface area contributed by atoms with Gasteiger partial charge in [-0.2, -0.15) is 0 Å². The maximum Gasteiger partial charge on any atom is 0.269 e. The molecule has 0 fully saturated rings. The Morgan fingerprint density at radius 1 is 0.967 bits per heavy atom. The van der Waals surface area contributed by atoms with Crippen LogP contribution in [0.25, 0.3) is 22.2 Å². The number of nitro benzene ring substituents is 1. The summed E-state index contributed by atoms with van der Waals surface area (Å²) in [7, 11) is 0. The molecule has 1 aromatic heterocycles. The molecule has 0 aliphatic rings. The number of fused-ring (bicyclic) bond motifs is 1. The lowest BCUT2D eigenvalue weighted by molar-refractivity contribution is -0.384. The predicted octanol–water partition coefficient (Wildman–Crippen LogP) is 5.27. The number of thioether (sulfide) groups is 1. The molecule has 0 aliphatic carbocycles. The number of H-pyrrole nitrogens is 1. The number of rotatable bonds is 7. The monoisotopic (exact) mass is 417 g/mol. The number of aromatic amines is 1. The predicted molar refractivity (Wildman–Crippen MR) is 120 cm³/mol. The van der Waals surface area contributed by atoms with E-state index >= 15 is 0 Å². The standard InChI is InChI=1S/C23H19N3O3S/c27-23(17-10-12-18(13-11-17)26(28)29)24-14-15-30-22-19-8-4-5-9-20(19)25-21(22)16-6-2-1-3-7-16/h1-13,25H,14-15H2,(H,24,27). The molecule has 0 aliphatic heterocycles. The fourth-order valence-electron chi connectivity index (χ4n) is 3.23. The van der Waals surface area contributed by atoms with Crippen molar-refractivity contribution in [3.05, 3.63) is 94.5 Å². The SMILES string of the molecule is O=C(NCCSc1c(-c2ccccc2)[nH]c2ccccc12)c1ccc([N+](=O)[O-])cc1. The Labute approximate surface area is 177 Å². The van der Waals surface area contributed by atoms with Crippen molar-refractivity contribution >= 4 is 34.3 Å². The van der Waals surface area contributed by atoms with Gasteiger partial charge in [0.05, 0.1) is 10.6 Å². The van der Waals surface area contributed by atoms with E-state index in [4.69, 9.17) is 0 Å². The number of hydrogen-bond donors (Lipinski definition) is 2. The van der Waals surface area contributed by atoms with Crippen LogP contribution in [0.5, 0.6) is 0 Å². The summed E-state index contributed by atoms with van der Waals surface area (Å²) in [6, 6.07) is 23.9. The fourth-order valence-corrected chi connectivity index (χ4v) is 4.28. The van der Waals surface area contributed by atoms with Gasteiger partial charge in [0.1, 0.15) is 0 Å². The van der Waals surface area contributed by atoms with E-state index in [1.807, 2.05) is 30.3 Å². The van der Waals surface area contributed by atoms with Crippen molar-refractivity contribution in [1.82, 2.24) is 10.3 Å². The minimum absolute atomic E-state index is 0.0325. The minimum atomic E-state index is -0.482. The van der Waals surface area contributed by atoms with E-state index in [-0.39, 0.29) is 11.6 Å². The molecule has 7 heteroatoms. The Kier molecular flexibility index (Phi) is 5.81. The number of amides is 1. The van der Waals surface area contributed by atoms with Gasteiger partial charge < -0.3 is 10.3 Å². The number of nitrogens with zero attached hydrogens (tertiary/aromatic N) is 1. The maximum absolute atomic E-state index is 12.3. The van der Waals surface area contributed by atoms with Crippen LogP contribution in [0.2, 0.25) is 0 Å². The first-order valence-corrected chi connectivity index (χ1v) is 10.4. The fraction of sp³-hybridized carbons (Fsp3) is 0.0870. The molecule has 150 valence electrons. The summed E-state index contributed by atoms with van der Waals surface area (Å²) < 4.78 is 0. The zero-order valence-corrected chi connectivity index (χ0v) is 16.8. The molecule has 30 heavy (non-hydrogen) atoms. The zero-order chi connectivity index (χ0) is 20.9. The van der Waals surface area contributed by atoms with Gasteiger partial charge in [0.2, 0.25) is 0 Å². The van der Waals surface area contributed by atoms with Crippen molar-refractivity contribution in [2.75, 3.05) is 12.3 Å². The molecule has 0 saturated heterocycles. The van der Waals surface area contributed by atoms with Crippen molar-refractivity contribution in [1.29, 1.82) is 0 Å². The lowest BCUT2D eigenvalue weighted by Gasteiger charge is -2.07. The number of benzene rings is 3. The number of non-ortho nitro benzene ring substituents is 1. The van der Waals surface area contributed by atoms with E-state index in [2.05, 4.69) is 34.6 Å². The van der Waals surface area contributed by atoms with Crippen LogP contribution in [0.3, 0.4) is 0 Å². The zero-order valence-electron chi connectivity index (χ0n) is 16.0. The maximum atomic E-state index is 12.3. The highest BCUT2D eigenvalue weighted by Crippen LogP contribution is 2.37. The molecule has 0 spiro atoms. The van der Waals surface area contributed by atoms with Crippen molar-refractivity contribution in [2.45, 2.75) is 4.90 Å². The first kappa shape index (κ1) is 19.7. The molecule has 0 bridgehead atoms. The summed E-state index contributed by atoms with van der Waals surface area (Å²) in [5.41, 5.74) is 3.64. The molecule has 2 N–H and O–H groups in total. The van der Waals surface area contributed by atoms with Crippen molar-refractivity contribution in [2.24, 2.45) is 0 Å². The Bertz CT molecular complexity index is 1190. The summed E-state index contributed by atoms with van der Waals surface area (Å²) in [6.45, 7) is 0.480. The van der Waals surface area contributed by atoms with Gasteiger partial charge in [0.15, 0.2) is 0 Å². The average Bonchev–Trinajstić information content (AvgIpc) is 3.16. The van der Waals surface area contributed by atoms with Crippen LogP contribution in [0.15, 0.2) is 83.8 Å². The van der Waals surface area contributed by atoms with Crippen LogP contribution in [0.1, 0.15) is 10.4 Å². The number of carbonyl (C=O) groups is 1. The third kappa shape index (κ3) is 4.21. The van der Waals surface area contributed by atoms with Crippen LogP contribution in [-0.4, -0.2) is 28.1 Å². The van der Waals surface area contributed by atoms with Crippen molar-refractivity contribution < 1.29 is 9.72 Å². The van der Waals surface area contributed by atoms with Crippen LogP contribution in [-0.2, 0) is 0 Å². The summed E-state index contributed by atoms with van der Waals surface area (Å²) in [6.07, 6.45) is 0. The highest BCUT2D eigenvalue weighted by Gasteiger charge is 2.14. The second-order valence-electron chi connectivity index (χ2n) is 6.65. The second kappa shape index (κ2) is 8.84. The Balaban J connectivity index is 1.44. The Morgan fingerprint density at radius 2 is 1.67 bits per heavy atom. The number of nitro groups is 1. The summed E-state index contributed by atoms with van der Waals surface area (Å²) in [5, 5.41) is 14.8. The Hall–Kier alpha value is -3.58. The summed E-state index contributed by atoms with van der Waals surface area (Å²) in [4.78, 5) is 27.2. The lowest BCUT2D eigenvalue weighted by Crippen LogP contribution is -2.25. The minimum Gasteiger partial charge on any atom is -0.354 e. The smallest absolute Gasteiger partial charge is 0.269 e. The number of aromatic nitrogens is 1. The van der Waals surface area contributed by atoms with Crippen LogP contribution in [0, 0.1) is 10.1 Å². The largest absolute Gasteiger partial charge is 0.354 e. The third-order valence-corrected chi connectivity index (χ3v) is 5.82. The number of carbonyl (C=O) groups excluding carboxylic acids is 1. The van der Waals surface area contributed by atoms with Crippen LogP contribution in [0.4, 0.5) is 5.69 Å². The van der Waals surface area contributed by atoms with E-state index in [9.17, 15) is 14.9 Å². The first-order valence-electron chi connectivity index (χ1n) is 9.45. The average molecular weight is 417 g/mol. The molecule has 0 atom stereocenters. The van der Waals surface area contributed by atoms with Crippen molar-refractivity contribution in [3.63, 3.8) is 0 Å². The van der Waals surface area contributed by atoms with Gasteiger partial charge in [-0.3, -0.25) is 14.9 Å². The number of nitrogens with one attached hydrogen (secondary N) is 2. The normalized spacial score (nSPS) is 10.8. The molecular weight excluding hydrogens is 398 g/mol. The molecule has 3 aromatic carbocycles. The second-order valence-corrected chi connectivity index (χ2v) is 7.75. The van der Waals surface area contributed by atoms with Gasteiger partial charge >= 0.3 is 0 Å². The molecule has 4 aromatic rings. The number of hydrogen-bond acceptors (Lipinski definition) is 4. The molecule has 1 heterocycles. The molecule has 1 amide bonds. The van der Waals surface area contributed by atoms with E-state index in [0.29, 0.717) is 17.9 Å². The van der Waals surface area contributed by atoms with E-state index < -0.39 is 4.92 Å².